The maximum atomic E-state index is 9.86. The molecule has 2 N–H and O–H groups in total. The van der Waals surface area contributed by atoms with Crippen LogP contribution >= 0.6 is 11.6 Å². The summed E-state index contributed by atoms with van der Waals surface area (Å²) in [4.78, 5) is 17.8. The number of phenolic OH excluding ortho intramolecular Hbond substituents is 1. The first kappa shape index (κ1) is 21.3. The molecule has 0 saturated carbocycles. The summed E-state index contributed by atoms with van der Waals surface area (Å²) in [6.45, 7) is 5.35. The van der Waals surface area contributed by atoms with Gasteiger partial charge in [0.15, 0.2) is 11.5 Å². The number of nitrogens with zero attached hydrogens (tertiary/aromatic N) is 6. The molecule has 0 spiro atoms. The fourth-order valence-electron chi connectivity index (χ4n) is 3.20. The molecule has 0 amide bonds. The van der Waals surface area contributed by atoms with Gasteiger partial charge in [-0.15, -0.1) is 0 Å². The van der Waals surface area contributed by atoms with Gasteiger partial charge in [0.1, 0.15) is 0 Å². The standard InChI is InChI=1S/C19H24ClN7O4/c1-29-15-11-13(10-14(20)16(15)28)12-21-25-17-22-18(26-2-6-30-7-3-26)24-19(23-17)27-4-8-31-9-5-27/h10-12,28H,2-9H2,1H3,(H,22,23,24,25)/b21-12-. The Kier molecular flexibility index (Phi) is 6.85. The number of benzene rings is 1. The van der Waals surface area contributed by atoms with Gasteiger partial charge in [-0.1, -0.05) is 11.6 Å². The highest BCUT2D eigenvalue weighted by Crippen LogP contribution is 2.34. The van der Waals surface area contributed by atoms with E-state index >= 15 is 0 Å². The molecule has 0 radical (unpaired) electrons. The highest BCUT2D eigenvalue weighted by atomic mass is 35.5. The first-order valence-electron chi connectivity index (χ1n) is 9.91. The van der Waals surface area contributed by atoms with Crippen LogP contribution in [0.2, 0.25) is 5.02 Å². The Labute approximate surface area is 184 Å². The molecule has 166 valence electrons. The Morgan fingerprint density at radius 1 is 1.03 bits per heavy atom. The summed E-state index contributed by atoms with van der Waals surface area (Å²) in [6.07, 6.45) is 1.54. The van der Waals surface area contributed by atoms with Gasteiger partial charge < -0.3 is 29.1 Å². The number of hydrogen-bond acceptors (Lipinski definition) is 11. The molecule has 0 aliphatic carbocycles. The minimum atomic E-state index is -0.114. The van der Waals surface area contributed by atoms with Gasteiger partial charge in [0.05, 0.1) is 44.8 Å². The number of aromatic hydroxyl groups is 1. The quantitative estimate of drug-likeness (QED) is 0.494. The maximum absolute atomic E-state index is 9.86. The molecule has 1 aromatic carbocycles. The lowest BCUT2D eigenvalue weighted by Crippen LogP contribution is -2.40. The number of aromatic nitrogens is 3. The van der Waals surface area contributed by atoms with Crippen molar-refractivity contribution in [1.29, 1.82) is 0 Å². The normalized spacial score (nSPS) is 17.2. The third-order valence-electron chi connectivity index (χ3n) is 4.85. The largest absolute Gasteiger partial charge is 0.503 e. The van der Waals surface area contributed by atoms with E-state index in [1.165, 1.54) is 7.11 Å². The summed E-state index contributed by atoms with van der Waals surface area (Å²) in [5.74, 6) is 1.63. The topological polar surface area (TPSA) is 117 Å². The van der Waals surface area contributed by atoms with Crippen LogP contribution in [0, 0.1) is 0 Å². The highest BCUT2D eigenvalue weighted by Gasteiger charge is 2.20. The average molecular weight is 450 g/mol. The van der Waals surface area contributed by atoms with Gasteiger partial charge in [-0.25, -0.2) is 5.43 Å². The van der Waals surface area contributed by atoms with E-state index in [2.05, 4.69) is 35.3 Å². The van der Waals surface area contributed by atoms with E-state index in [1.807, 2.05) is 0 Å². The Morgan fingerprint density at radius 3 is 2.16 bits per heavy atom. The van der Waals surface area contributed by atoms with E-state index in [4.69, 9.17) is 25.8 Å². The van der Waals surface area contributed by atoms with Crippen LogP contribution in [0.5, 0.6) is 11.5 Å². The number of methoxy groups -OCH3 is 1. The first-order valence-corrected chi connectivity index (χ1v) is 10.3. The number of halogens is 1. The van der Waals surface area contributed by atoms with E-state index in [0.29, 0.717) is 76.0 Å². The third kappa shape index (κ3) is 5.24. The van der Waals surface area contributed by atoms with Crippen LogP contribution in [0.1, 0.15) is 5.56 Å². The molecule has 1 aromatic heterocycles. The van der Waals surface area contributed by atoms with Gasteiger partial charge in [0, 0.05) is 26.2 Å². The van der Waals surface area contributed by atoms with Crippen molar-refractivity contribution in [2.45, 2.75) is 0 Å². The Morgan fingerprint density at radius 2 is 1.61 bits per heavy atom. The summed E-state index contributed by atoms with van der Waals surface area (Å²) < 4.78 is 16.0. The molecule has 0 atom stereocenters. The van der Waals surface area contributed by atoms with Crippen LogP contribution in [0.4, 0.5) is 17.8 Å². The van der Waals surface area contributed by atoms with E-state index in [-0.39, 0.29) is 16.5 Å². The monoisotopic (exact) mass is 449 g/mol. The van der Waals surface area contributed by atoms with Gasteiger partial charge in [-0.05, 0) is 17.7 Å². The summed E-state index contributed by atoms with van der Waals surface area (Å²) in [5.41, 5.74) is 3.51. The maximum Gasteiger partial charge on any atom is 0.250 e. The Balaban J connectivity index is 1.56. The minimum absolute atomic E-state index is 0.114. The van der Waals surface area contributed by atoms with Crippen LogP contribution in [-0.4, -0.2) is 86.0 Å². The van der Waals surface area contributed by atoms with Crippen molar-refractivity contribution in [2.75, 3.05) is 74.9 Å². The predicted molar refractivity (Wildman–Crippen MR) is 117 cm³/mol. The van der Waals surface area contributed by atoms with Crippen molar-refractivity contribution in [2.24, 2.45) is 5.10 Å². The summed E-state index contributed by atoms with van der Waals surface area (Å²) in [7, 11) is 1.45. The SMILES string of the molecule is COc1cc(/C=N\Nc2nc(N3CCOCC3)nc(N3CCOCC3)n2)cc(Cl)c1O. The Bertz CT molecular complexity index is 897. The first-order chi connectivity index (χ1) is 15.1. The molecule has 2 fully saturated rings. The van der Waals surface area contributed by atoms with Gasteiger partial charge in [0.2, 0.25) is 17.8 Å². The fourth-order valence-corrected chi connectivity index (χ4v) is 3.42. The number of nitrogens with one attached hydrogen (secondary N) is 1. The van der Waals surface area contributed by atoms with E-state index < -0.39 is 0 Å². The van der Waals surface area contributed by atoms with Crippen molar-refractivity contribution in [3.05, 3.63) is 22.7 Å². The van der Waals surface area contributed by atoms with Crippen LogP contribution in [-0.2, 0) is 9.47 Å². The van der Waals surface area contributed by atoms with Crippen molar-refractivity contribution in [1.82, 2.24) is 15.0 Å². The number of hydrogen-bond donors (Lipinski definition) is 2. The number of anilines is 3. The molecule has 31 heavy (non-hydrogen) atoms. The van der Waals surface area contributed by atoms with Crippen LogP contribution < -0.4 is 20.0 Å². The smallest absolute Gasteiger partial charge is 0.250 e. The van der Waals surface area contributed by atoms with E-state index in [1.54, 1.807) is 18.3 Å². The molecule has 2 aliphatic heterocycles. The number of rotatable bonds is 6. The predicted octanol–water partition coefficient (Wildman–Crippen LogP) is 1.36. The second-order valence-corrected chi connectivity index (χ2v) is 7.29. The number of ether oxygens (including phenoxy) is 3. The number of morpholine rings is 2. The van der Waals surface area contributed by atoms with Crippen molar-refractivity contribution < 1.29 is 19.3 Å². The highest BCUT2D eigenvalue weighted by molar-refractivity contribution is 6.32. The molecule has 2 aliphatic rings. The fraction of sp³-hybridized carbons (Fsp3) is 0.474. The molecule has 2 saturated heterocycles. The lowest BCUT2D eigenvalue weighted by Gasteiger charge is -2.30. The lowest BCUT2D eigenvalue weighted by atomic mass is 10.2. The molecular weight excluding hydrogens is 426 g/mol. The van der Waals surface area contributed by atoms with Crippen molar-refractivity contribution in [3.8, 4) is 11.5 Å². The second kappa shape index (κ2) is 9.94. The molecule has 11 nitrogen and oxygen atoms in total. The number of phenols is 1. The van der Waals surface area contributed by atoms with Gasteiger partial charge >= 0.3 is 0 Å². The van der Waals surface area contributed by atoms with Crippen molar-refractivity contribution >= 4 is 35.7 Å². The molecule has 3 heterocycles. The zero-order valence-electron chi connectivity index (χ0n) is 17.1. The van der Waals surface area contributed by atoms with Crippen molar-refractivity contribution in [3.63, 3.8) is 0 Å². The van der Waals surface area contributed by atoms with Crippen LogP contribution in [0.3, 0.4) is 0 Å². The Hall–Kier alpha value is -2.89. The van der Waals surface area contributed by atoms with E-state index in [0.717, 1.165) is 0 Å². The minimum Gasteiger partial charge on any atom is -0.503 e. The summed E-state index contributed by atoms with van der Waals surface area (Å²) in [6, 6.07) is 3.20. The zero-order chi connectivity index (χ0) is 21.6. The van der Waals surface area contributed by atoms with Gasteiger partial charge in [-0.2, -0.15) is 20.1 Å². The summed E-state index contributed by atoms with van der Waals surface area (Å²) in [5, 5.41) is 14.3. The zero-order valence-corrected chi connectivity index (χ0v) is 17.9. The molecule has 0 bridgehead atoms. The molecule has 12 heteroatoms. The third-order valence-corrected chi connectivity index (χ3v) is 5.14. The van der Waals surface area contributed by atoms with Crippen LogP contribution in [0.25, 0.3) is 0 Å². The molecule has 2 aromatic rings. The molecule has 4 rings (SSSR count). The number of hydrazone groups is 1. The molecule has 0 unspecified atom stereocenters. The van der Waals surface area contributed by atoms with Gasteiger partial charge in [0.25, 0.3) is 0 Å². The molecular formula is C19H24ClN7O4. The van der Waals surface area contributed by atoms with Gasteiger partial charge in [-0.3, -0.25) is 0 Å². The van der Waals surface area contributed by atoms with E-state index in [9.17, 15) is 5.11 Å². The lowest BCUT2D eigenvalue weighted by molar-refractivity contribution is 0.121. The summed E-state index contributed by atoms with van der Waals surface area (Å²) >= 11 is 6.03. The van der Waals surface area contributed by atoms with Crippen LogP contribution in [0.15, 0.2) is 17.2 Å². The second-order valence-electron chi connectivity index (χ2n) is 6.88. The average Bonchev–Trinajstić information content (AvgIpc) is 2.82.